The van der Waals surface area contributed by atoms with E-state index in [0.717, 1.165) is 17.5 Å². The molecule has 2 rings (SSSR count). The van der Waals surface area contributed by atoms with Crippen LogP contribution in [0.1, 0.15) is 23.6 Å². The van der Waals surface area contributed by atoms with E-state index < -0.39 is 0 Å². The van der Waals surface area contributed by atoms with Gasteiger partial charge in [0.05, 0.1) is 0 Å². The molecule has 0 aromatic heterocycles. The number of hydrogen-bond acceptors (Lipinski definition) is 2. The molecule has 0 saturated carbocycles. The second-order valence-electron chi connectivity index (χ2n) is 4.78. The first-order chi connectivity index (χ1) is 9.71. The van der Waals surface area contributed by atoms with E-state index in [1.807, 2.05) is 25.2 Å². The Balaban J connectivity index is 2.02. The lowest BCUT2D eigenvalue weighted by Gasteiger charge is -2.09. The molecule has 0 heterocycles. The Morgan fingerprint density at radius 1 is 1.00 bits per heavy atom. The van der Waals surface area contributed by atoms with Crippen LogP contribution in [0.5, 0.6) is 5.75 Å². The summed E-state index contributed by atoms with van der Waals surface area (Å²) in [5.41, 5.74) is 3.27. The van der Waals surface area contributed by atoms with E-state index >= 15 is 0 Å². The zero-order valence-electron chi connectivity index (χ0n) is 11.9. The van der Waals surface area contributed by atoms with Gasteiger partial charge in [-0.15, -0.1) is 0 Å². The summed E-state index contributed by atoms with van der Waals surface area (Å²) < 4.78 is 19.1. The van der Waals surface area contributed by atoms with E-state index in [4.69, 9.17) is 4.74 Å². The highest BCUT2D eigenvalue weighted by atomic mass is 19.1. The number of rotatable bonds is 6. The SMILES string of the molecule is CCc1ccc(COc2cc(F)cc(CNC)c2)cc1. The normalized spacial score (nSPS) is 10.6. The van der Waals surface area contributed by atoms with Gasteiger partial charge in [-0.3, -0.25) is 0 Å². The molecule has 2 aromatic rings. The molecule has 0 aliphatic carbocycles. The summed E-state index contributed by atoms with van der Waals surface area (Å²) in [6.07, 6.45) is 1.03. The average Bonchev–Trinajstić information content (AvgIpc) is 2.45. The molecular formula is C17H20FNO. The monoisotopic (exact) mass is 273 g/mol. The first-order valence-corrected chi connectivity index (χ1v) is 6.86. The third-order valence-electron chi connectivity index (χ3n) is 3.15. The first kappa shape index (κ1) is 14.5. The molecule has 0 atom stereocenters. The standard InChI is InChI=1S/C17H20FNO/c1-3-13-4-6-14(7-5-13)12-20-17-9-15(11-19-2)8-16(18)10-17/h4-10,19H,3,11-12H2,1-2H3. The predicted octanol–water partition coefficient (Wildman–Crippen LogP) is 3.69. The Kier molecular flexibility index (Phi) is 5.13. The summed E-state index contributed by atoms with van der Waals surface area (Å²) in [7, 11) is 1.83. The molecule has 0 fully saturated rings. The van der Waals surface area contributed by atoms with E-state index in [0.29, 0.717) is 18.9 Å². The van der Waals surface area contributed by atoms with Crippen LogP contribution in [0, 0.1) is 5.82 Å². The molecule has 0 spiro atoms. The maximum atomic E-state index is 13.5. The van der Waals surface area contributed by atoms with Gasteiger partial charge in [-0.25, -0.2) is 4.39 Å². The molecule has 0 amide bonds. The lowest BCUT2D eigenvalue weighted by atomic mass is 10.1. The Morgan fingerprint density at radius 3 is 2.35 bits per heavy atom. The van der Waals surface area contributed by atoms with E-state index in [9.17, 15) is 4.39 Å². The van der Waals surface area contributed by atoms with Crippen molar-refractivity contribution in [3.8, 4) is 5.75 Å². The topological polar surface area (TPSA) is 21.3 Å². The van der Waals surface area contributed by atoms with Crippen molar-refractivity contribution in [1.29, 1.82) is 0 Å². The summed E-state index contributed by atoms with van der Waals surface area (Å²) >= 11 is 0. The number of nitrogens with one attached hydrogen (secondary N) is 1. The van der Waals surface area contributed by atoms with Crippen molar-refractivity contribution in [2.75, 3.05) is 7.05 Å². The molecule has 1 N–H and O–H groups in total. The van der Waals surface area contributed by atoms with Crippen molar-refractivity contribution in [1.82, 2.24) is 5.32 Å². The maximum absolute atomic E-state index is 13.5. The maximum Gasteiger partial charge on any atom is 0.127 e. The molecule has 2 nitrogen and oxygen atoms in total. The van der Waals surface area contributed by atoms with E-state index in [1.54, 1.807) is 0 Å². The largest absolute Gasteiger partial charge is 0.489 e. The van der Waals surface area contributed by atoms with Crippen LogP contribution in [0.15, 0.2) is 42.5 Å². The van der Waals surface area contributed by atoms with Crippen molar-refractivity contribution in [3.63, 3.8) is 0 Å². The van der Waals surface area contributed by atoms with Crippen molar-refractivity contribution in [2.24, 2.45) is 0 Å². The molecule has 0 radical (unpaired) electrons. The zero-order valence-corrected chi connectivity index (χ0v) is 11.9. The van der Waals surface area contributed by atoms with Crippen molar-refractivity contribution in [3.05, 3.63) is 65.0 Å². The molecule has 0 saturated heterocycles. The minimum absolute atomic E-state index is 0.269. The van der Waals surface area contributed by atoms with Gasteiger partial charge >= 0.3 is 0 Å². The fraction of sp³-hybridized carbons (Fsp3) is 0.294. The van der Waals surface area contributed by atoms with Gasteiger partial charge in [0, 0.05) is 12.6 Å². The van der Waals surface area contributed by atoms with Crippen LogP contribution in [0.25, 0.3) is 0 Å². The summed E-state index contributed by atoms with van der Waals surface area (Å²) in [6, 6.07) is 13.1. The summed E-state index contributed by atoms with van der Waals surface area (Å²) in [6.45, 7) is 3.20. The smallest absolute Gasteiger partial charge is 0.127 e. The van der Waals surface area contributed by atoms with Gasteiger partial charge in [-0.05, 0) is 42.3 Å². The Hall–Kier alpha value is -1.87. The van der Waals surface area contributed by atoms with Crippen LogP contribution in [-0.2, 0) is 19.6 Å². The quantitative estimate of drug-likeness (QED) is 0.866. The van der Waals surface area contributed by atoms with Crippen molar-refractivity contribution >= 4 is 0 Å². The first-order valence-electron chi connectivity index (χ1n) is 6.86. The van der Waals surface area contributed by atoms with Crippen LogP contribution in [0.2, 0.25) is 0 Å². The van der Waals surface area contributed by atoms with Crippen LogP contribution in [0.4, 0.5) is 4.39 Å². The van der Waals surface area contributed by atoms with Gasteiger partial charge < -0.3 is 10.1 Å². The molecule has 2 aromatic carbocycles. The van der Waals surface area contributed by atoms with Crippen LogP contribution >= 0.6 is 0 Å². The molecule has 0 aliphatic heterocycles. The van der Waals surface area contributed by atoms with E-state index in [2.05, 4.69) is 24.4 Å². The molecule has 0 unspecified atom stereocenters. The molecule has 20 heavy (non-hydrogen) atoms. The highest BCUT2D eigenvalue weighted by Gasteiger charge is 2.02. The molecule has 3 heteroatoms. The molecule has 0 aliphatic rings. The number of benzene rings is 2. The van der Waals surface area contributed by atoms with Crippen LogP contribution < -0.4 is 10.1 Å². The zero-order chi connectivity index (χ0) is 14.4. The Bertz CT molecular complexity index is 551. The number of aryl methyl sites for hydroxylation is 1. The highest BCUT2D eigenvalue weighted by molar-refractivity contribution is 5.30. The molecule has 0 bridgehead atoms. The predicted molar refractivity (Wildman–Crippen MR) is 79.3 cm³/mol. The summed E-state index contributed by atoms with van der Waals surface area (Å²) in [5, 5.41) is 3.00. The summed E-state index contributed by atoms with van der Waals surface area (Å²) in [5.74, 6) is 0.295. The van der Waals surface area contributed by atoms with Crippen molar-refractivity contribution < 1.29 is 9.13 Å². The second-order valence-corrected chi connectivity index (χ2v) is 4.78. The molecular weight excluding hydrogens is 253 g/mol. The fourth-order valence-electron chi connectivity index (χ4n) is 2.05. The highest BCUT2D eigenvalue weighted by Crippen LogP contribution is 2.18. The van der Waals surface area contributed by atoms with E-state index in [1.165, 1.54) is 17.7 Å². The number of ether oxygens (including phenoxy) is 1. The van der Waals surface area contributed by atoms with E-state index in [-0.39, 0.29) is 5.82 Å². The third kappa shape index (κ3) is 4.07. The lowest BCUT2D eigenvalue weighted by Crippen LogP contribution is -2.06. The van der Waals surface area contributed by atoms with Gasteiger partial charge in [0.1, 0.15) is 18.2 Å². The average molecular weight is 273 g/mol. The van der Waals surface area contributed by atoms with Crippen LogP contribution in [0.3, 0.4) is 0 Å². The van der Waals surface area contributed by atoms with Gasteiger partial charge in [-0.1, -0.05) is 31.2 Å². The van der Waals surface area contributed by atoms with Gasteiger partial charge in [0.25, 0.3) is 0 Å². The van der Waals surface area contributed by atoms with Gasteiger partial charge in [0.15, 0.2) is 0 Å². The minimum atomic E-state index is -0.269. The Morgan fingerprint density at radius 2 is 1.70 bits per heavy atom. The third-order valence-corrected chi connectivity index (χ3v) is 3.15. The fourth-order valence-corrected chi connectivity index (χ4v) is 2.05. The van der Waals surface area contributed by atoms with Gasteiger partial charge in [-0.2, -0.15) is 0 Å². The lowest BCUT2D eigenvalue weighted by molar-refractivity contribution is 0.304. The minimum Gasteiger partial charge on any atom is -0.489 e. The number of halogens is 1. The number of hydrogen-bond donors (Lipinski definition) is 1. The molecule has 106 valence electrons. The summed E-state index contributed by atoms with van der Waals surface area (Å²) in [4.78, 5) is 0. The Labute approximate surface area is 119 Å². The van der Waals surface area contributed by atoms with Gasteiger partial charge in [0.2, 0.25) is 0 Å². The second kappa shape index (κ2) is 7.06. The van der Waals surface area contributed by atoms with Crippen LogP contribution in [-0.4, -0.2) is 7.05 Å². The van der Waals surface area contributed by atoms with Crippen molar-refractivity contribution in [2.45, 2.75) is 26.5 Å².